The van der Waals surface area contributed by atoms with Crippen LogP contribution in [0.3, 0.4) is 0 Å². The molecule has 0 saturated carbocycles. The monoisotopic (exact) mass is 212 g/mol. The van der Waals surface area contributed by atoms with Gasteiger partial charge in [0.25, 0.3) is 0 Å². The van der Waals surface area contributed by atoms with E-state index in [0.29, 0.717) is 32.5 Å². The maximum Gasteiger partial charge on any atom is 0.224 e. The van der Waals surface area contributed by atoms with Gasteiger partial charge in [-0.1, -0.05) is 0 Å². The van der Waals surface area contributed by atoms with E-state index in [0.717, 1.165) is 13.0 Å². The average molecular weight is 212 g/mol. The van der Waals surface area contributed by atoms with Crippen molar-refractivity contribution in [3.8, 4) is 0 Å². The third kappa shape index (κ3) is 2.28. The van der Waals surface area contributed by atoms with E-state index in [-0.39, 0.29) is 17.9 Å². The van der Waals surface area contributed by atoms with E-state index < -0.39 is 0 Å². The van der Waals surface area contributed by atoms with Crippen molar-refractivity contribution < 1.29 is 14.7 Å². The van der Waals surface area contributed by atoms with Gasteiger partial charge in [-0.15, -0.1) is 0 Å². The minimum atomic E-state index is -0.345. The summed E-state index contributed by atoms with van der Waals surface area (Å²) in [6, 6.07) is 0. The maximum atomic E-state index is 11.5. The van der Waals surface area contributed by atoms with Gasteiger partial charge in [-0.3, -0.25) is 9.59 Å². The molecular formula is C10H16N2O3. The van der Waals surface area contributed by atoms with E-state index in [1.165, 1.54) is 0 Å². The number of carbonyl (C=O) groups is 2. The first-order chi connectivity index (χ1) is 7.16. The van der Waals surface area contributed by atoms with Crippen molar-refractivity contribution >= 4 is 11.8 Å². The summed E-state index contributed by atoms with van der Waals surface area (Å²) in [4.78, 5) is 26.1. The molecule has 2 aliphatic heterocycles. The molecule has 5 heteroatoms. The number of aliphatic hydroxyl groups excluding tert-OH is 1. The first-order valence-electron chi connectivity index (χ1n) is 5.40. The number of likely N-dealkylation sites (tertiary alicyclic amines) is 2. The van der Waals surface area contributed by atoms with Crippen LogP contribution in [0.5, 0.6) is 0 Å². The van der Waals surface area contributed by atoms with Gasteiger partial charge in [0.2, 0.25) is 11.8 Å². The molecule has 0 bridgehead atoms. The van der Waals surface area contributed by atoms with Gasteiger partial charge < -0.3 is 14.9 Å². The average Bonchev–Trinajstić information content (AvgIpc) is 2.55. The quantitative estimate of drug-likeness (QED) is 0.666. The lowest BCUT2D eigenvalue weighted by Crippen LogP contribution is -2.53. The van der Waals surface area contributed by atoms with Gasteiger partial charge >= 0.3 is 0 Å². The van der Waals surface area contributed by atoms with Crippen LogP contribution in [0.2, 0.25) is 0 Å². The molecule has 0 aromatic heterocycles. The molecule has 0 spiro atoms. The molecule has 1 N–H and O–H groups in total. The van der Waals surface area contributed by atoms with Gasteiger partial charge in [-0.05, 0) is 6.42 Å². The van der Waals surface area contributed by atoms with Crippen molar-refractivity contribution in [1.29, 1.82) is 0 Å². The standard InChI is InChI=1S/C10H16N2O3/c13-8-6-12(7-8)10(15)3-5-11-4-1-2-9(11)14/h8,13H,1-7H2. The molecule has 0 aromatic carbocycles. The lowest BCUT2D eigenvalue weighted by atomic mass is 10.1. The Bertz CT molecular complexity index is 274. The normalized spacial score (nSPS) is 22.1. The van der Waals surface area contributed by atoms with Gasteiger partial charge in [-0.25, -0.2) is 0 Å². The summed E-state index contributed by atoms with van der Waals surface area (Å²) in [5.74, 6) is 0.200. The van der Waals surface area contributed by atoms with Crippen LogP contribution in [-0.2, 0) is 9.59 Å². The molecule has 15 heavy (non-hydrogen) atoms. The number of carbonyl (C=O) groups excluding carboxylic acids is 2. The number of rotatable bonds is 3. The van der Waals surface area contributed by atoms with Crippen LogP contribution in [0.15, 0.2) is 0 Å². The molecule has 2 aliphatic rings. The molecule has 2 amide bonds. The Morgan fingerprint density at radius 3 is 2.73 bits per heavy atom. The second-order valence-corrected chi connectivity index (χ2v) is 4.19. The zero-order chi connectivity index (χ0) is 10.8. The van der Waals surface area contributed by atoms with Crippen LogP contribution < -0.4 is 0 Å². The Hall–Kier alpha value is -1.10. The molecule has 0 aromatic rings. The minimum absolute atomic E-state index is 0.0417. The maximum absolute atomic E-state index is 11.5. The lowest BCUT2D eigenvalue weighted by molar-refractivity contribution is -0.142. The molecular weight excluding hydrogens is 196 g/mol. The fourth-order valence-corrected chi connectivity index (χ4v) is 1.99. The number of aliphatic hydroxyl groups is 1. The van der Waals surface area contributed by atoms with Gasteiger partial charge in [0.05, 0.1) is 6.10 Å². The van der Waals surface area contributed by atoms with E-state index in [1.54, 1.807) is 9.80 Å². The lowest BCUT2D eigenvalue weighted by Gasteiger charge is -2.36. The molecule has 2 saturated heterocycles. The molecule has 0 atom stereocenters. The summed E-state index contributed by atoms with van der Waals surface area (Å²) in [5, 5.41) is 9.03. The third-order valence-electron chi connectivity index (χ3n) is 2.98. The second-order valence-electron chi connectivity index (χ2n) is 4.19. The van der Waals surface area contributed by atoms with E-state index in [1.807, 2.05) is 0 Å². The van der Waals surface area contributed by atoms with Crippen LogP contribution in [0.1, 0.15) is 19.3 Å². The molecule has 5 nitrogen and oxygen atoms in total. The first kappa shape index (κ1) is 10.4. The molecule has 0 unspecified atom stereocenters. The molecule has 84 valence electrons. The summed E-state index contributed by atoms with van der Waals surface area (Å²) in [5.41, 5.74) is 0. The van der Waals surface area contributed by atoms with E-state index in [9.17, 15) is 9.59 Å². The zero-order valence-electron chi connectivity index (χ0n) is 8.69. The van der Waals surface area contributed by atoms with Crippen LogP contribution in [0.4, 0.5) is 0 Å². The van der Waals surface area contributed by atoms with Crippen molar-refractivity contribution in [2.24, 2.45) is 0 Å². The summed E-state index contributed by atoms with van der Waals surface area (Å²) >= 11 is 0. The molecule has 2 rings (SSSR count). The number of nitrogens with zero attached hydrogens (tertiary/aromatic N) is 2. The highest BCUT2D eigenvalue weighted by Gasteiger charge is 2.29. The van der Waals surface area contributed by atoms with Crippen LogP contribution in [0, 0.1) is 0 Å². The first-order valence-corrected chi connectivity index (χ1v) is 5.40. The van der Waals surface area contributed by atoms with Crippen LogP contribution >= 0.6 is 0 Å². The molecule has 2 fully saturated rings. The Morgan fingerprint density at radius 1 is 1.47 bits per heavy atom. The Morgan fingerprint density at radius 2 is 2.20 bits per heavy atom. The van der Waals surface area contributed by atoms with E-state index >= 15 is 0 Å². The summed E-state index contributed by atoms with van der Waals surface area (Å²) < 4.78 is 0. The van der Waals surface area contributed by atoms with Gasteiger partial charge in [-0.2, -0.15) is 0 Å². The Balaban J connectivity index is 1.69. The van der Waals surface area contributed by atoms with Gasteiger partial charge in [0.15, 0.2) is 0 Å². The predicted molar refractivity (Wildman–Crippen MR) is 53.0 cm³/mol. The number of β-amino-alcohol motifs (C(OH)–C–C–N with tert-alkyl or cyclic N) is 1. The number of amides is 2. The van der Waals surface area contributed by atoms with E-state index in [2.05, 4.69) is 0 Å². The summed E-state index contributed by atoms with van der Waals surface area (Å²) in [7, 11) is 0. The van der Waals surface area contributed by atoms with Crippen molar-refractivity contribution in [1.82, 2.24) is 9.80 Å². The minimum Gasteiger partial charge on any atom is -0.389 e. The van der Waals surface area contributed by atoms with Crippen molar-refractivity contribution in [2.45, 2.75) is 25.4 Å². The highest BCUT2D eigenvalue weighted by atomic mass is 16.3. The van der Waals surface area contributed by atoms with Crippen molar-refractivity contribution in [2.75, 3.05) is 26.2 Å². The number of hydrogen-bond donors (Lipinski definition) is 1. The van der Waals surface area contributed by atoms with E-state index in [4.69, 9.17) is 5.11 Å². The Labute approximate surface area is 88.6 Å². The number of hydrogen-bond acceptors (Lipinski definition) is 3. The van der Waals surface area contributed by atoms with Crippen molar-refractivity contribution in [3.63, 3.8) is 0 Å². The predicted octanol–water partition coefficient (Wildman–Crippen LogP) is -0.798. The highest BCUT2D eigenvalue weighted by molar-refractivity contribution is 5.80. The van der Waals surface area contributed by atoms with Gasteiger partial charge in [0.1, 0.15) is 0 Å². The highest BCUT2D eigenvalue weighted by Crippen LogP contribution is 2.12. The third-order valence-corrected chi connectivity index (χ3v) is 2.98. The largest absolute Gasteiger partial charge is 0.389 e. The summed E-state index contributed by atoms with van der Waals surface area (Å²) in [6.07, 6.45) is 1.58. The SMILES string of the molecule is O=C1CCCN1CCC(=O)N1CC(O)C1. The van der Waals surface area contributed by atoms with Crippen molar-refractivity contribution in [3.05, 3.63) is 0 Å². The summed E-state index contributed by atoms with van der Waals surface area (Å²) in [6.45, 7) is 2.22. The zero-order valence-corrected chi connectivity index (χ0v) is 8.69. The molecule has 0 aliphatic carbocycles. The fraction of sp³-hybridized carbons (Fsp3) is 0.800. The van der Waals surface area contributed by atoms with Crippen LogP contribution in [0.25, 0.3) is 0 Å². The fourth-order valence-electron chi connectivity index (χ4n) is 1.99. The van der Waals surface area contributed by atoms with Gasteiger partial charge in [0, 0.05) is 39.0 Å². The van der Waals surface area contributed by atoms with Crippen LogP contribution in [-0.4, -0.2) is 59.0 Å². The molecule has 2 heterocycles. The topological polar surface area (TPSA) is 60.9 Å². The Kier molecular flexibility index (Phi) is 2.90. The smallest absolute Gasteiger partial charge is 0.224 e. The molecule has 0 radical (unpaired) electrons. The second kappa shape index (κ2) is 4.18.